The predicted octanol–water partition coefficient (Wildman–Crippen LogP) is 4.38. The SMILES string of the molecule is Cc1cc(C)cc(OCc2nnc(SCc3ccc(Br)cc3F)n2N)c1. The van der Waals surface area contributed by atoms with E-state index < -0.39 is 0 Å². The predicted molar refractivity (Wildman–Crippen MR) is 104 cm³/mol. The average molecular weight is 437 g/mol. The van der Waals surface area contributed by atoms with Crippen LogP contribution >= 0.6 is 27.7 Å². The molecule has 0 spiro atoms. The number of hydrogen-bond donors (Lipinski definition) is 1. The van der Waals surface area contributed by atoms with Gasteiger partial charge < -0.3 is 10.6 Å². The van der Waals surface area contributed by atoms with Crippen molar-refractivity contribution >= 4 is 27.7 Å². The summed E-state index contributed by atoms with van der Waals surface area (Å²) >= 11 is 4.57. The quantitative estimate of drug-likeness (QED) is 0.458. The van der Waals surface area contributed by atoms with Crippen LogP contribution in [0.2, 0.25) is 0 Å². The van der Waals surface area contributed by atoms with Crippen molar-refractivity contribution in [1.29, 1.82) is 0 Å². The van der Waals surface area contributed by atoms with Gasteiger partial charge >= 0.3 is 0 Å². The van der Waals surface area contributed by atoms with Crippen LogP contribution in [0, 0.1) is 19.7 Å². The summed E-state index contributed by atoms with van der Waals surface area (Å²) in [6.45, 7) is 4.24. The number of nitrogens with two attached hydrogens (primary N) is 1. The topological polar surface area (TPSA) is 66.0 Å². The molecule has 2 aromatic carbocycles. The summed E-state index contributed by atoms with van der Waals surface area (Å²) in [4.78, 5) is 0. The fraction of sp³-hybridized carbons (Fsp3) is 0.222. The number of aryl methyl sites for hydroxylation is 2. The number of nitrogen functional groups attached to an aromatic ring is 1. The molecular weight excluding hydrogens is 419 g/mol. The molecule has 0 aliphatic rings. The van der Waals surface area contributed by atoms with E-state index in [0.717, 1.165) is 16.9 Å². The Labute approximate surface area is 163 Å². The highest BCUT2D eigenvalue weighted by molar-refractivity contribution is 9.10. The molecule has 1 heterocycles. The van der Waals surface area contributed by atoms with Crippen LogP contribution in [-0.4, -0.2) is 14.9 Å². The summed E-state index contributed by atoms with van der Waals surface area (Å²) in [6.07, 6.45) is 0. The average Bonchev–Trinajstić information content (AvgIpc) is 2.91. The van der Waals surface area contributed by atoms with Crippen LogP contribution in [0.5, 0.6) is 5.75 Å². The van der Waals surface area contributed by atoms with Crippen LogP contribution in [0.25, 0.3) is 0 Å². The molecule has 0 aliphatic carbocycles. The molecule has 0 radical (unpaired) electrons. The second kappa shape index (κ2) is 8.09. The molecule has 0 atom stereocenters. The number of thioether (sulfide) groups is 1. The van der Waals surface area contributed by atoms with Gasteiger partial charge in [-0.25, -0.2) is 9.07 Å². The molecule has 0 aliphatic heterocycles. The van der Waals surface area contributed by atoms with Gasteiger partial charge in [0.05, 0.1) is 0 Å². The minimum atomic E-state index is -0.270. The van der Waals surface area contributed by atoms with Gasteiger partial charge in [0, 0.05) is 10.2 Å². The zero-order valence-electron chi connectivity index (χ0n) is 14.4. The van der Waals surface area contributed by atoms with Gasteiger partial charge in [-0.15, -0.1) is 10.2 Å². The summed E-state index contributed by atoms with van der Waals surface area (Å²) in [5.41, 5.74) is 2.83. The normalized spacial score (nSPS) is 10.9. The van der Waals surface area contributed by atoms with Crippen molar-refractivity contribution in [3.05, 3.63) is 69.2 Å². The number of benzene rings is 2. The van der Waals surface area contributed by atoms with Crippen LogP contribution < -0.4 is 10.6 Å². The van der Waals surface area contributed by atoms with Crippen molar-refractivity contribution in [2.75, 3.05) is 5.84 Å². The third-order valence-electron chi connectivity index (χ3n) is 3.67. The smallest absolute Gasteiger partial charge is 0.210 e. The van der Waals surface area contributed by atoms with Gasteiger partial charge in [0.2, 0.25) is 5.16 Å². The second-order valence-electron chi connectivity index (χ2n) is 5.91. The Balaban J connectivity index is 1.64. The fourth-order valence-corrected chi connectivity index (χ4v) is 3.64. The third-order valence-corrected chi connectivity index (χ3v) is 5.16. The Kier molecular flexibility index (Phi) is 5.83. The molecule has 0 amide bonds. The molecule has 0 fully saturated rings. The fourth-order valence-electron chi connectivity index (χ4n) is 2.45. The number of aromatic nitrogens is 3. The lowest BCUT2D eigenvalue weighted by molar-refractivity contribution is 0.291. The van der Waals surface area contributed by atoms with Crippen LogP contribution in [0.15, 0.2) is 46.0 Å². The summed E-state index contributed by atoms with van der Waals surface area (Å²) in [6, 6.07) is 11.0. The molecule has 0 unspecified atom stereocenters. The van der Waals surface area contributed by atoms with Gasteiger partial charge in [-0.3, -0.25) is 0 Å². The molecule has 8 heteroatoms. The van der Waals surface area contributed by atoms with Gasteiger partial charge in [0.1, 0.15) is 18.2 Å². The number of nitrogens with zero attached hydrogens (tertiary/aromatic N) is 3. The summed E-state index contributed by atoms with van der Waals surface area (Å²) in [5, 5.41) is 8.64. The van der Waals surface area contributed by atoms with Crippen LogP contribution in [0.3, 0.4) is 0 Å². The van der Waals surface area contributed by atoms with E-state index in [0.29, 0.717) is 26.8 Å². The molecule has 0 saturated heterocycles. The first-order valence-electron chi connectivity index (χ1n) is 7.89. The second-order valence-corrected chi connectivity index (χ2v) is 7.76. The van der Waals surface area contributed by atoms with E-state index in [1.54, 1.807) is 12.1 Å². The van der Waals surface area contributed by atoms with Crippen LogP contribution in [0.4, 0.5) is 4.39 Å². The van der Waals surface area contributed by atoms with E-state index in [4.69, 9.17) is 10.6 Å². The molecule has 5 nitrogen and oxygen atoms in total. The maximum absolute atomic E-state index is 13.9. The maximum Gasteiger partial charge on any atom is 0.210 e. The van der Waals surface area contributed by atoms with Crippen molar-refractivity contribution in [2.24, 2.45) is 0 Å². The van der Waals surface area contributed by atoms with E-state index in [-0.39, 0.29) is 12.4 Å². The zero-order chi connectivity index (χ0) is 18.7. The van der Waals surface area contributed by atoms with Crippen molar-refractivity contribution in [3.8, 4) is 5.75 Å². The maximum atomic E-state index is 13.9. The van der Waals surface area contributed by atoms with Crippen molar-refractivity contribution in [2.45, 2.75) is 31.4 Å². The monoisotopic (exact) mass is 436 g/mol. The minimum Gasteiger partial charge on any atom is -0.486 e. The van der Waals surface area contributed by atoms with Gasteiger partial charge in [0.15, 0.2) is 5.82 Å². The van der Waals surface area contributed by atoms with Gasteiger partial charge in [0.25, 0.3) is 0 Å². The molecular formula is C18H18BrFN4OS. The Morgan fingerprint density at radius 3 is 2.58 bits per heavy atom. The third kappa shape index (κ3) is 4.56. The van der Waals surface area contributed by atoms with E-state index in [9.17, 15) is 4.39 Å². The molecule has 26 heavy (non-hydrogen) atoms. The summed E-state index contributed by atoms with van der Waals surface area (Å²) in [7, 11) is 0. The number of hydrogen-bond acceptors (Lipinski definition) is 5. The Morgan fingerprint density at radius 2 is 1.88 bits per heavy atom. The zero-order valence-corrected chi connectivity index (χ0v) is 16.8. The van der Waals surface area contributed by atoms with Crippen molar-refractivity contribution in [1.82, 2.24) is 14.9 Å². The lowest BCUT2D eigenvalue weighted by Crippen LogP contribution is -2.15. The molecule has 0 saturated carbocycles. The Morgan fingerprint density at radius 1 is 1.15 bits per heavy atom. The van der Waals surface area contributed by atoms with Crippen molar-refractivity contribution in [3.63, 3.8) is 0 Å². The van der Waals surface area contributed by atoms with E-state index in [2.05, 4.69) is 32.2 Å². The first kappa shape index (κ1) is 18.7. The number of ether oxygens (including phenoxy) is 1. The van der Waals surface area contributed by atoms with Crippen molar-refractivity contribution < 1.29 is 9.13 Å². The molecule has 0 bridgehead atoms. The van der Waals surface area contributed by atoms with Gasteiger partial charge in [-0.2, -0.15) is 0 Å². The number of halogens is 2. The molecule has 3 aromatic rings. The first-order chi connectivity index (χ1) is 12.4. The highest BCUT2D eigenvalue weighted by Gasteiger charge is 2.12. The first-order valence-corrected chi connectivity index (χ1v) is 9.67. The highest BCUT2D eigenvalue weighted by Crippen LogP contribution is 2.24. The largest absolute Gasteiger partial charge is 0.486 e. The van der Waals surface area contributed by atoms with E-state index in [1.165, 1.54) is 22.5 Å². The summed E-state index contributed by atoms with van der Waals surface area (Å²) in [5.74, 6) is 7.45. The van der Waals surface area contributed by atoms with Crippen LogP contribution in [0.1, 0.15) is 22.5 Å². The lowest BCUT2D eigenvalue weighted by atomic mass is 10.1. The standard InChI is InChI=1S/C18H18BrFN4OS/c1-11-5-12(2)7-15(6-11)25-9-17-22-23-18(24(17)21)26-10-13-3-4-14(19)8-16(13)20/h3-8H,9-10,21H2,1-2H3. The highest BCUT2D eigenvalue weighted by atomic mass is 79.9. The van der Waals surface area contributed by atoms with Crippen LogP contribution in [-0.2, 0) is 12.4 Å². The minimum absolute atomic E-state index is 0.208. The lowest BCUT2D eigenvalue weighted by Gasteiger charge is -2.08. The number of rotatable bonds is 6. The molecule has 3 rings (SSSR count). The Bertz CT molecular complexity index is 911. The Hall–Kier alpha value is -2.06. The molecule has 1 aromatic heterocycles. The molecule has 2 N–H and O–H groups in total. The van der Waals surface area contributed by atoms with E-state index >= 15 is 0 Å². The van der Waals surface area contributed by atoms with Gasteiger partial charge in [-0.05, 0) is 54.8 Å². The summed E-state index contributed by atoms with van der Waals surface area (Å²) < 4.78 is 21.7. The van der Waals surface area contributed by atoms with E-state index in [1.807, 2.05) is 26.0 Å². The van der Waals surface area contributed by atoms with Gasteiger partial charge in [-0.1, -0.05) is 39.8 Å². The molecule has 136 valence electrons.